The lowest BCUT2D eigenvalue weighted by molar-refractivity contribution is 0.104. The molecule has 0 amide bonds. The lowest BCUT2D eigenvalue weighted by atomic mass is 10.2. The van der Waals surface area contributed by atoms with Crippen molar-refractivity contribution in [2.75, 3.05) is 13.1 Å². The molecule has 0 saturated carbocycles. The second kappa shape index (κ2) is 7.27. The zero-order chi connectivity index (χ0) is 17.2. The number of aliphatic hydroxyl groups is 2. The van der Waals surface area contributed by atoms with E-state index >= 15 is 0 Å². The minimum Gasteiger partial charge on any atom is -0.491 e. The van der Waals surface area contributed by atoms with Crippen LogP contribution in [-0.2, 0) is 6.61 Å². The highest BCUT2D eigenvalue weighted by molar-refractivity contribution is 5.26. The number of hydrogen-bond acceptors (Lipinski definition) is 4. The van der Waals surface area contributed by atoms with Crippen LogP contribution in [0.4, 0.5) is 0 Å². The molecule has 1 aromatic carbocycles. The fraction of sp³-hybridized carbons (Fsp3) is 0.538. The molecule has 0 saturated heterocycles. The van der Waals surface area contributed by atoms with Crippen LogP contribution in [0, 0.1) is 0 Å². The molecule has 1 aromatic rings. The van der Waals surface area contributed by atoms with Gasteiger partial charge in [-0.15, -0.1) is 0 Å². The van der Waals surface area contributed by atoms with E-state index in [0.29, 0.717) is 5.56 Å². The summed E-state index contributed by atoms with van der Waals surface area (Å²) in [6.45, 7) is -2.72. The minimum atomic E-state index is -3.19. The average Bonchev–Trinajstić information content (AvgIpc) is 2.37. The molecule has 1 unspecified atom stereocenters. The summed E-state index contributed by atoms with van der Waals surface area (Å²) >= 11 is 0. The summed E-state index contributed by atoms with van der Waals surface area (Å²) in [5.41, 5.74) is 0.589. The molecule has 0 aliphatic rings. The lowest BCUT2D eigenvalue weighted by Crippen LogP contribution is -2.35. The summed E-state index contributed by atoms with van der Waals surface area (Å²) in [5.74, 6) is 0.00761. The fourth-order valence-corrected chi connectivity index (χ4v) is 1.01. The molecule has 0 heterocycles. The third kappa shape index (κ3) is 5.68. The Morgan fingerprint density at radius 3 is 2.59 bits per heavy atom. The molecule has 0 aliphatic heterocycles. The van der Waals surface area contributed by atoms with Gasteiger partial charge in [-0.3, -0.25) is 0 Å². The molecule has 1 atom stereocenters. The van der Waals surface area contributed by atoms with E-state index in [1.807, 2.05) is 0 Å². The maximum Gasteiger partial charge on any atom is 0.119 e. The van der Waals surface area contributed by atoms with Crippen molar-refractivity contribution < 1.29 is 21.8 Å². The van der Waals surface area contributed by atoms with Crippen LogP contribution in [0.3, 0.4) is 0 Å². The van der Waals surface area contributed by atoms with Crippen molar-refractivity contribution in [3.8, 4) is 5.75 Å². The monoisotopic (exact) mass is 244 g/mol. The van der Waals surface area contributed by atoms with Crippen molar-refractivity contribution in [3.63, 3.8) is 0 Å². The topological polar surface area (TPSA) is 61.7 Å². The van der Waals surface area contributed by atoms with Gasteiger partial charge in [0.25, 0.3) is 0 Å². The average molecular weight is 244 g/mol. The maximum atomic E-state index is 10.1. The third-order valence-electron chi connectivity index (χ3n) is 1.85. The third-order valence-corrected chi connectivity index (χ3v) is 1.85. The van der Waals surface area contributed by atoms with Gasteiger partial charge in [-0.05, 0) is 17.7 Å². The number of nitrogens with one attached hydrogen (secondary N) is 1. The first-order valence-corrected chi connectivity index (χ1v) is 5.32. The van der Waals surface area contributed by atoms with Gasteiger partial charge in [0, 0.05) is 15.3 Å². The van der Waals surface area contributed by atoms with E-state index in [4.69, 9.17) is 16.7 Å². The first-order chi connectivity index (χ1) is 9.93. The lowest BCUT2D eigenvalue weighted by Gasteiger charge is -2.15. The van der Waals surface area contributed by atoms with E-state index in [1.54, 1.807) is 13.8 Å². The van der Waals surface area contributed by atoms with E-state index in [0.717, 1.165) is 0 Å². The van der Waals surface area contributed by atoms with Crippen LogP contribution in [0.5, 0.6) is 5.75 Å². The summed E-state index contributed by atoms with van der Waals surface area (Å²) in [4.78, 5) is 0. The molecule has 0 bridgehead atoms. The summed E-state index contributed by atoms with van der Waals surface area (Å²) < 4.78 is 43.6. The molecular weight excluding hydrogens is 218 g/mol. The Morgan fingerprint density at radius 2 is 2.06 bits per heavy atom. The Balaban J connectivity index is 2.99. The van der Waals surface area contributed by atoms with Gasteiger partial charge in [0.05, 0.1) is 10.7 Å². The van der Waals surface area contributed by atoms with Crippen molar-refractivity contribution in [2.24, 2.45) is 0 Å². The van der Waals surface area contributed by atoms with Crippen LogP contribution in [0.2, 0.25) is 0 Å². The maximum absolute atomic E-state index is 10.1. The quantitative estimate of drug-likeness (QED) is 0.667. The largest absolute Gasteiger partial charge is 0.491 e. The molecule has 17 heavy (non-hydrogen) atoms. The van der Waals surface area contributed by atoms with E-state index in [1.165, 1.54) is 24.3 Å². The Labute approximate surface area is 109 Å². The van der Waals surface area contributed by atoms with Crippen molar-refractivity contribution >= 4 is 0 Å². The predicted molar refractivity (Wildman–Crippen MR) is 67.0 cm³/mol. The molecule has 0 radical (unpaired) electrons. The van der Waals surface area contributed by atoms with E-state index < -0.39 is 25.2 Å². The van der Waals surface area contributed by atoms with E-state index in [-0.39, 0.29) is 12.4 Å². The second-order valence-corrected chi connectivity index (χ2v) is 3.78. The summed E-state index contributed by atoms with van der Waals surface area (Å²) in [5, 5.41) is 21.3. The Bertz CT molecular complexity index is 491. The van der Waals surface area contributed by atoms with Gasteiger partial charge in [0.15, 0.2) is 0 Å². The Hall–Kier alpha value is -1.10. The number of hydrogen-bond donors (Lipinski definition) is 3. The zero-order valence-electron chi connectivity index (χ0n) is 14.9. The molecular formula is C13H21NO3. The van der Waals surface area contributed by atoms with Crippen LogP contribution in [-0.4, -0.2) is 35.4 Å². The first kappa shape index (κ1) is 8.08. The molecule has 4 nitrogen and oxygen atoms in total. The normalized spacial score (nSPS) is 20.6. The van der Waals surface area contributed by atoms with Crippen molar-refractivity contribution in [3.05, 3.63) is 29.8 Å². The zero-order valence-corrected chi connectivity index (χ0v) is 9.90. The van der Waals surface area contributed by atoms with Gasteiger partial charge >= 0.3 is 0 Å². The van der Waals surface area contributed by atoms with Gasteiger partial charge in [-0.1, -0.05) is 26.0 Å². The van der Waals surface area contributed by atoms with Crippen LogP contribution in [0.1, 0.15) is 26.3 Å². The minimum absolute atomic E-state index is 0.00761. The second-order valence-electron chi connectivity index (χ2n) is 3.78. The summed E-state index contributed by atoms with van der Waals surface area (Å²) in [7, 11) is 0. The summed E-state index contributed by atoms with van der Waals surface area (Å²) in [6, 6.07) is 5.31. The fourth-order valence-electron chi connectivity index (χ4n) is 1.01. The highest BCUT2D eigenvalue weighted by Crippen LogP contribution is 2.12. The Morgan fingerprint density at radius 1 is 1.41 bits per heavy atom. The van der Waals surface area contributed by atoms with Gasteiger partial charge in [0.2, 0.25) is 0 Å². The SMILES string of the molecule is [2H]C([2H])(NC(C)C)C([2H])(O)C([2H])([2H])Oc1ccc(CO)cc1. The number of aliphatic hydroxyl groups excluding tert-OH is 1. The Kier molecular flexibility index (Phi) is 3.46. The van der Waals surface area contributed by atoms with Crippen molar-refractivity contribution in [1.82, 2.24) is 5.32 Å². The van der Waals surface area contributed by atoms with E-state index in [2.05, 4.69) is 5.32 Å². The van der Waals surface area contributed by atoms with Crippen LogP contribution in [0.25, 0.3) is 0 Å². The molecule has 0 spiro atoms. The van der Waals surface area contributed by atoms with Gasteiger partial charge in [0.1, 0.15) is 18.4 Å². The smallest absolute Gasteiger partial charge is 0.119 e. The molecule has 3 N–H and O–H groups in total. The predicted octanol–water partition coefficient (Wildman–Crippen LogP) is 0.917. The van der Waals surface area contributed by atoms with Crippen molar-refractivity contribution in [2.45, 2.75) is 32.6 Å². The standard InChI is InChI=1S/C13H21NO3/c1-10(2)14-7-12(16)9-17-13-5-3-11(8-15)4-6-13/h3-6,10,12,14-16H,7-9H2,1-2H3/i7D2,9D2,12D. The number of rotatable bonds is 7. The highest BCUT2D eigenvalue weighted by atomic mass is 16.5. The summed E-state index contributed by atoms with van der Waals surface area (Å²) in [6.07, 6.45) is -3.19. The molecule has 0 aliphatic carbocycles. The highest BCUT2D eigenvalue weighted by Gasteiger charge is 2.05. The molecule has 0 aromatic heterocycles. The molecule has 1 rings (SSSR count). The van der Waals surface area contributed by atoms with Gasteiger partial charge in [-0.25, -0.2) is 0 Å². The van der Waals surface area contributed by atoms with Crippen LogP contribution < -0.4 is 10.1 Å². The van der Waals surface area contributed by atoms with Gasteiger partial charge < -0.3 is 20.3 Å². The van der Waals surface area contributed by atoms with E-state index in [9.17, 15) is 5.11 Å². The number of benzene rings is 1. The molecule has 96 valence electrons. The first-order valence-electron chi connectivity index (χ1n) is 7.82. The van der Waals surface area contributed by atoms with Crippen LogP contribution in [0.15, 0.2) is 24.3 Å². The number of ether oxygens (including phenoxy) is 1. The van der Waals surface area contributed by atoms with Crippen LogP contribution >= 0.6 is 0 Å². The van der Waals surface area contributed by atoms with Crippen molar-refractivity contribution in [1.29, 1.82) is 0 Å². The molecule has 4 heteroatoms. The van der Waals surface area contributed by atoms with Gasteiger partial charge in [-0.2, -0.15) is 0 Å². The molecule has 0 fully saturated rings.